The highest BCUT2D eigenvalue weighted by Crippen LogP contribution is 2.17. The Bertz CT molecular complexity index is 427. The average molecular weight is 275 g/mol. The van der Waals surface area contributed by atoms with Crippen LogP contribution in [0.4, 0.5) is 0 Å². The van der Waals surface area contributed by atoms with Gasteiger partial charge in [-0.05, 0) is 43.4 Å². The first-order chi connectivity index (χ1) is 9.69. The quantitative estimate of drug-likeness (QED) is 0.867. The zero-order chi connectivity index (χ0) is 14.4. The molecule has 3 nitrogen and oxygen atoms in total. The Labute approximate surface area is 121 Å². The molecule has 0 saturated carbocycles. The van der Waals surface area contributed by atoms with Gasteiger partial charge in [0, 0.05) is 13.1 Å². The zero-order valence-corrected chi connectivity index (χ0v) is 12.3. The second kappa shape index (κ2) is 7.44. The number of nitrogens with zero attached hydrogens (tertiary/aromatic N) is 1. The number of hydrogen-bond donors (Lipinski definition) is 1. The molecule has 1 fully saturated rings. The zero-order valence-electron chi connectivity index (χ0n) is 12.3. The van der Waals surface area contributed by atoms with Gasteiger partial charge in [0.15, 0.2) is 0 Å². The van der Waals surface area contributed by atoms with Crippen molar-refractivity contribution in [2.24, 2.45) is 5.92 Å². The van der Waals surface area contributed by atoms with Gasteiger partial charge >= 0.3 is 5.97 Å². The van der Waals surface area contributed by atoms with Gasteiger partial charge in [0.05, 0.1) is 5.92 Å². The van der Waals surface area contributed by atoms with E-state index in [0.717, 1.165) is 38.8 Å². The maximum atomic E-state index is 11.0. The Morgan fingerprint density at radius 3 is 2.50 bits per heavy atom. The standard InChI is InChI=1S/C17H25NO2/c1-2-4-14-6-8-15(9-7-14)10-12-18-11-3-5-16(13-18)17(19)20/h6-9,16H,2-5,10-13H2,1H3,(H,19,20). The molecule has 0 radical (unpaired) electrons. The van der Waals surface area contributed by atoms with Crippen LogP contribution in [0.3, 0.4) is 0 Å². The number of likely N-dealkylation sites (tertiary alicyclic amines) is 1. The Balaban J connectivity index is 1.80. The first-order valence-electron chi connectivity index (χ1n) is 7.72. The van der Waals surface area contributed by atoms with Gasteiger partial charge in [-0.15, -0.1) is 0 Å². The molecule has 1 aromatic carbocycles. The number of aliphatic carboxylic acids is 1. The summed E-state index contributed by atoms with van der Waals surface area (Å²) in [6, 6.07) is 8.86. The fourth-order valence-corrected chi connectivity index (χ4v) is 2.91. The van der Waals surface area contributed by atoms with Gasteiger partial charge in [-0.25, -0.2) is 0 Å². The van der Waals surface area contributed by atoms with E-state index in [0.29, 0.717) is 6.54 Å². The first kappa shape index (κ1) is 15.0. The van der Waals surface area contributed by atoms with Gasteiger partial charge in [-0.2, -0.15) is 0 Å². The molecule has 0 amide bonds. The van der Waals surface area contributed by atoms with Crippen molar-refractivity contribution in [1.82, 2.24) is 4.90 Å². The van der Waals surface area contributed by atoms with E-state index in [1.54, 1.807) is 0 Å². The van der Waals surface area contributed by atoms with E-state index in [4.69, 9.17) is 5.11 Å². The average Bonchev–Trinajstić information content (AvgIpc) is 2.47. The van der Waals surface area contributed by atoms with Crippen molar-refractivity contribution in [1.29, 1.82) is 0 Å². The lowest BCUT2D eigenvalue weighted by Crippen LogP contribution is -2.39. The Morgan fingerprint density at radius 2 is 1.90 bits per heavy atom. The molecule has 2 rings (SSSR count). The molecule has 0 aliphatic carbocycles. The monoisotopic (exact) mass is 275 g/mol. The first-order valence-corrected chi connectivity index (χ1v) is 7.72. The Kier molecular flexibility index (Phi) is 5.60. The van der Waals surface area contributed by atoms with Crippen LogP contribution < -0.4 is 0 Å². The van der Waals surface area contributed by atoms with Crippen molar-refractivity contribution >= 4 is 5.97 Å². The number of carboxylic acid groups (broad SMARTS) is 1. The van der Waals surface area contributed by atoms with Crippen molar-refractivity contribution < 1.29 is 9.90 Å². The molecule has 1 aromatic rings. The van der Waals surface area contributed by atoms with Crippen LogP contribution in [-0.2, 0) is 17.6 Å². The van der Waals surface area contributed by atoms with E-state index < -0.39 is 5.97 Å². The smallest absolute Gasteiger partial charge is 0.307 e. The van der Waals surface area contributed by atoms with E-state index in [1.165, 1.54) is 17.5 Å². The molecule has 1 heterocycles. The van der Waals surface area contributed by atoms with Gasteiger partial charge in [0.1, 0.15) is 0 Å². The van der Waals surface area contributed by atoms with Crippen LogP contribution in [0, 0.1) is 5.92 Å². The summed E-state index contributed by atoms with van der Waals surface area (Å²) in [5, 5.41) is 9.10. The van der Waals surface area contributed by atoms with E-state index in [-0.39, 0.29) is 5.92 Å². The predicted octanol–water partition coefficient (Wildman–Crippen LogP) is 2.98. The van der Waals surface area contributed by atoms with Crippen LogP contribution >= 0.6 is 0 Å². The SMILES string of the molecule is CCCc1ccc(CCN2CCCC(C(=O)O)C2)cc1. The normalized spacial score (nSPS) is 19.9. The molecule has 1 N–H and O–H groups in total. The summed E-state index contributed by atoms with van der Waals surface area (Å²) in [6.07, 6.45) is 5.18. The molecule has 1 aliphatic heterocycles. The highest BCUT2D eigenvalue weighted by Gasteiger charge is 2.24. The molecule has 1 saturated heterocycles. The van der Waals surface area contributed by atoms with Crippen LogP contribution in [0.1, 0.15) is 37.3 Å². The number of benzene rings is 1. The van der Waals surface area contributed by atoms with Crippen molar-refractivity contribution in [3.63, 3.8) is 0 Å². The lowest BCUT2D eigenvalue weighted by Gasteiger charge is -2.30. The predicted molar refractivity (Wildman–Crippen MR) is 80.9 cm³/mol. The van der Waals surface area contributed by atoms with Gasteiger partial charge in [0.2, 0.25) is 0 Å². The van der Waals surface area contributed by atoms with Crippen LogP contribution in [0.5, 0.6) is 0 Å². The van der Waals surface area contributed by atoms with Gasteiger partial charge in [0.25, 0.3) is 0 Å². The number of piperidine rings is 1. The topological polar surface area (TPSA) is 40.5 Å². The Hall–Kier alpha value is -1.35. The third kappa shape index (κ3) is 4.34. The molecule has 110 valence electrons. The fourth-order valence-electron chi connectivity index (χ4n) is 2.91. The number of aryl methyl sites for hydroxylation is 1. The van der Waals surface area contributed by atoms with Crippen molar-refractivity contribution in [3.05, 3.63) is 35.4 Å². The number of carbonyl (C=O) groups is 1. The lowest BCUT2D eigenvalue weighted by atomic mass is 9.98. The molecule has 3 heteroatoms. The maximum absolute atomic E-state index is 11.0. The van der Waals surface area contributed by atoms with Crippen LogP contribution in [0.15, 0.2) is 24.3 Å². The molecule has 1 unspecified atom stereocenters. The minimum Gasteiger partial charge on any atom is -0.481 e. The lowest BCUT2D eigenvalue weighted by molar-refractivity contribution is -0.143. The van der Waals surface area contributed by atoms with E-state index in [1.807, 2.05) is 0 Å². The number of carboxylic acids is 1. The Morgan fingerprint density at radius 1 is 1.25 bits per heavy atom. The molecular formula is C17H25NO2. The molecule has 0 bridgehead atoms. The van der Waals surface area contributed by atoms with Gasteiger partial charge in [-0.3, -0.25) is 4.79 Å². The maximum Gasteiger partial charge on any atom is 0.307 e. The third-order valence-electron chi connectivity index (χ3n) is 4.13. The van der Waals surface area contributed by atoms with Crippen LogP contribution in [0.2, 0.25) is 0 Å². The van der Waals surface area contributed by atoms with E-state index in [2.05, 4.69) is 36.1 Å². The third-order valence-corrected chi connectivity index (χ3v) is 4.13. The summed E-state index contributed by atoms with van der Waals surface area (Å²) in [6.45, 7) is 4.92. The van der Waals surface area contributed by atoms with Gasteiger partial charge < -0.3 is 10.0 Å². The van der Waals surface area contributed by atoms with Crippen molar-refractivity contribution in [2.45, 2.75) is 39.0 Å². The molecule has 20 heavy (non-hydrogen) atoms. The summed E-state index contributed by atoms with van der Waals surface area (Å²) >= 11 is 0. The summed E-state index contributed by atoms with van der Waals surface area (Å²) in [4.78, 5) is 13.3. The van der Waals surface area contributed by atoms with E-state index in [9.17, 15) is 4.79 Å². The van der Waals surface area contributed by atoms with Gasteiger partial charge in [-0.1, -0.05) is 37.6 Å². The number of hydrogen-bond acceptors (Lipinski definition) is 2. The highest BCUT2D eigenvalue weighted by atomic mass is 16.4. The fraction of sp³-hybridized carbons (Fsp3) is 0.588. The minimum absolute atomic E-state index is 0.171. The molecule has 0 aromatic heterocycles. The largest absolute Gasteiger partial charge is 0.481 e. The molecule has 0 spiro atoms. The summed E-state index contributed by atoms with van der Waals surface area (Å²) < 4.78 is 0. The summed E-state index contributed by atoms with van der Waals surface area (Å²) in [7, 11) is 0. The van der Waals surface area contributed by atoms with E-state index >= 15 is 0 Å². The van der Waals surface area contributed by atoms with Crippen molar-refractivity contribution in [2.75, 3.05) is 19.6 Å². The van der Waals surface area contributed by atoms with Crippen molar-refractivity contribution in [3.8, 4) is 0 Å². The second-order valence-electron chi connectivity index (χ2n) is 5.79. The minimum atomic E-state index is -0.640. The number of rotatable bonds is 6. The second-order valence-corrected chi connectivity index (χ2v) is 5.79. The summed E-state index contributed by atoms with van der Waals surface area (Å²) in [5.41, 5.74) is 2.75. The van der Waals surface area contributed by atoms with Crippen LogP contribution in [-0.4, -0.2) is 35.6 Å². The summed E-state index contributed by atoms with van der Waals surface area (Å²) in [5.74, 6) is -0.811. The van der Waals surface area contributed by atoms with Crippen LogP contribution in [0.25, 0.3) is 0 Å². The molecule has 1 aliphatic rings. The molecular weight excluding hydrogens is 250 g/mol. The highest BCUT2D eigenvalue weighted by molar-refractivity contribution is 5.70. The molecule has 1 atom stereocenters.